The number of methoxy groups -OCH3 is 1. The molecular weight excluding hydrogens is 326 g/mol. The smallest absolute Gasteiger partial charge is 0.317 e. The van der Waals surface area contributed by atoms with Gasteiger partial charge in [-0.1, -0.05) is 0 Å². The van der Waals surface area contributed by atoms with Crippen LogP contribution < -0.4 is 10.1 Å². The molecule has 3 N–H and O–H groups in total. The van der Waals surface area contributed by atoms with Gasteiger partial charge in [-0.25, -0.2) is 9.78 Å². The highest BCUT2D eigenvalue weighted by molar-refractivity contribution is 5.77. The fourth-order valence-corrected chi connectivity index (χ4v) is 2.66. The van der Waals surface area contributed by atoms with Crippen molar-refractivity contribution in [2.75, 3.05) is 20.2 Å². The maximum atomic E-state index is 12.1. The maximum absolute atomic E-state index is 12.1. The number of aliphatic carboxylic acids is 1. The molecule has 1 aliphatic rings. The number of aromatic nitrogens is 3. The first kappa shape index (κ1) is 16.7. The predicted octanol–water partition coefficient (Wildman–Crippen LogP) is 1.10. The minimum Gasteiger partial charge on any atom is -0.497 e. The number of nitrogens with one attached hydrogen (secondary N) is 2. The molecule has 1 saturated heterocycles. The molecule has 0 bridgehead atoms. The van der Waals surface area contributed by atoms with E-state index in [1.165, 1.54) is 4.90 Å². The van der Waals surface area contributed by atoms with Gasteiger partial charge in [-0.3, -0.25) is 9.89 Å². The lowest BCUT2D eigenvalue weighted by Gasteiger charge is -2.15. The highest BCUT2D eigenvalue weighted by atomic mass is 16.5. The van der Waals surface area contributed by atoms with Crippen LogP contribution in [0.15, 0.2) is 24.3 Å². The summed E-state index contributed by atoms with van der Waals surface area (Å²) in [6.07, 6.45) is 0.479. The molecule has 1 aliphatic heterocycles. The maximum Gasteiger partial charge on any atom is 0.317 e. The van der Waals surface area contributed by atoms with Crippen molar-refractivity contribution < 1.29 is 19.4 Å². The molecule has 1 atom stereocenters. The van der Waals surface area contributed by atoms with Gasteiger partial charge < -0.3 is 20.1 Å². The average molecular weight is 345 g/mol. The number of amides is 2. The van der Waals surface area contributed by atoms with E-state index in [0.29, 0.717) is 24.6 Å². The second-order valence-corrected chi connectivity index (χ2v) is 5.76. The Morgan fingerprint density at radius 3 is 2.80 bits per heavy atom. The second-order valence-electron chi connectivity index (χ2n) is 5.76. The molecule has 2 heterocycles. The van der Waals surface area contributed by atoms with Gasteiger partial charge in [-0.05, 0) is 30.7 Å². The molecule has 9 heteroatoms. The van der Waals surface area contributed by atoms with Gasteiger partial charge in [0.25, 0.3) is 0 Å². The molecule has 132 valence electrons. The zero-order valence-corrected chi connectivity index (χ0v) is 13.7. The number of likely N-dealkylation sites (tertiary alicyclic amines) is 1. The number of carboxylic acid groups (broad SMARTS) is 1. The molecule has 1 aromatic carbocycles. The van der Waals surface area contributed by atoms with Crippen molar-refractivity contribution >= 4 is 12.0 Å². The first-order valence-corrected chi connectivity index (χ1v) is 7.88. The Kier molecular flexibility index (Phi) is 4.82. The summed E-state index contributed by atoms with van der Waals surface area (Å²) in [4.78, 5) is 28.9. The molecule has 0 radical (unpaired) electrons. The highest BCUT2D eigenvalue weighted by Gasteiger charge is 2.30. The molecular formula is C16H19N5O4. The zero-order chi connectivity index (χ0) is 17.8. The van der Waals surface area contributed by atoms with Gasteiger partial charge in [-0.2, -0.15) is 5.10 Å². The van der Waals surface area contributed by atoms with Crippen molar-refractivity contribution in [3.05, 3.63) is 30.1 Å². The zero-order valence-electron chi connectivity index (χ0n) is 13.7. The Hall–Kier alpha value is -3.10. The first-order chi connectivity index (χ1) is 12.1. The van der Waals surface area contributed by atoms with E-state index in [1.54, 1.807) is 7.11 Å². The summed E-state index contributed by atoms with van der Waals surface area (Å²) in [6, 6.07) is 7.03. The minimum absolute atomic E-state index is 0.191. The summed E-state index contributed by atoms with van der Waals surface area (Å²) in [6.45, 7) is 0.862. The molecule has 3 rings (SSSR count). The molecule has 9 nitrogen and oxygen atoms in total. The van der Waals surface area contributed by atoms with Crippen molar-refractivity contribution in [2.24, 2.45) is 5.92 Å². The van der Waals surface area contributed by atoms with Gasteiger partial charge in [0.2, 0.25) is 0 Å². The minimum atomic E-state index is -0.866. The van der Waals surface area contributed by atoms with Gasteiger partial charge in [0, 0.05) is 18.7 Å². The van der Waals surface area contributed by atoms with Gasteiger partial charge in [0.1, 0.15) is 11.6 Å². The van der Waals surface area contributed by atoms with Gasteiger partial charge in [0.15, 0.2) is 5.82 Å². The molecule has 1 aromatic heterocycles. The largest absolute Gasteiger partial charge is 0.497 e. The van der Waals surface area contributed by atoms with Crippen LogP contribution in [0, 0.1) is 5.92 Å². The van der Waals surface area contributed by atoms with Crippen molar-refractivity contribution in [3.8, 4) is 17.1 Å². The van der Waals surface area contributed by atoms with E-state index < -0.39 is 11.9 Å². The fourth-order valence-electron chi connectivity index (χ4n) is 2.66. The lowest BCUT2D eigenvalue weighted by atomic mass is 10.1. The summed E-state index contributed by atoms with van der Waals surface area (Å²) in [5.74, 6) is 0.441. The van der Waals surface area contributed by atoms with Crippen LogP contribution in [-0.4, -0.2) is 57.4 Å². The Balaban J connectivity index is 1.55. The predicted molar refractivity (Wildman–Crippen MR) is 87.9 cm³/mol. The van der Waals surface area contributed by atoms with E-state index in [9.17, 15) is 9.59 Å². The Morgan fingerprint density at radius 1 is 1.40 bits per heavy atom. The molecule has 0 aliphatic carbocycles. The summed E-state index contributed by atoms with van der Waals surface area (Å²) < 4.78 is 5.11. The third kappa shape index (κ3) is 3.87. The summed E-state index contributed by atoms with van der Waals surface area (Å²) in [7, 11) is 1.60. The molecule has 0 spiro atoms. The number of H-pyrrole nitrogens is 1. The Labute approximate surface area is 144 Å². The Bertz CT molecular complexity index is 758. The van der Waals surface area contributed by atoms with E-state index >= 15 is 0 Å². The number of nitrogens with zero attached hydrogens (tertiary/aromatic N) is 3. The summed E-state index contributed by atoms with van der Waals surface area (Å²) in [5.41, 5.74) is 0.832. The number of carbonyl (C=O) groups excluding carboxylic acids is 1. The number of ether oxygens (including phenoxy) is 1. The van der Waals surface area contributed by atoms with Crippen LogP contribution >= 0.6 is 0 Å². The van der Waals surface area contributed by atoms with Crippen LogP contribution in [0.25, 0.3) is 11.4 Å². The quantitative estimate of drug-likeness (QED) is 0.746. The molecule has 0 saturated carbocycles. The topological polar surface area (TPSA) is 120 Å². The van der Waals surface area contributed by atoms with Gasteiger partial charge >= 0.3 is 12.0 Å². The molecule has 2 amide bonds. The van der Waals surface area contributed by atoms with Crippen LogP contribution in [0.3, 0.4) is 0 Å². The van der Waals surface area contributed by atoms with Crippen LogP contribution in [0.2, 0.25) is 0 Å². The van der Waals surface area contributed by atoms with Crippen LogP contribution in [0.4, 0.5) is 4.79 Å². The fraction of sp³-hybridized carbons (Fsp3) is 0.375. The lowest BCUT2D eigenvalue weighted by molar-refractivity contribution is -0.141. The SMILES string of the molecule is COc1ccc(-c2n[nH]c(CNC(=O)N3CCC(C(=O)O)C3)n2)cc1. The number of carbonyl (C=O) groups is 2. The van der Waals surface area contributed by atoms with Crippen molar-refractivity contribution in [1.82, 2.24) is 25.4 Å². The number of rotatable bonds is 5. The summed E-state index contributed by atoms with van der Waals surface area (Å²) in [5, 5.41) is 18.6. The molecule has 2 aromatic rings. The van der Waals surface area contributed by atoms with E-state index in [1.807, 2.05) is 24.3 Å². The molecule has 25 heavy (non-hydrogen) atoms. The third-order valence-corrected chi connectivity index (χ3v) is 4.11. The number of hydrogen-bond acceptors (Lipinski definition) is 5. The van der Waals surface area contributed by atoms with Crippen molar-refractivity contribution in [3.63, 3.8) is 0 Å². The van der Waals surface area contributed by atoms with E-state index in [2.05, 4.69) is 20.5 Å². The molecule has 1 fully saturated rings. The van der Waals surface area contributed by atoms with E-state index in [4.69, 9.17) is 9.84 Å². The second kappa shape index (κ2) is 7.20. The monoisotopic (exact) mass is 345 g/mol. The van der Waals surface area contributed by atoms with Crippen LogP contribution in [0.5, 0.6) is 5.75 Å². The number of hydrogen-bond donors (Lipinski definition) is 3. The van der Waals surface area contributed by atoms with Crippen LogP contribution in [-0.2, 0) is 11.3 Å². The highest BCUT2D eigenvalue weighted by Crippen LogP contribution is 2.19. The number of carboxylic acids is 1. The number of aromatic amines is 1. The summed E-state index contributed by atoms with van der Waals surface area (Å²) >= 11 is 0. The number of benzene rings is 1. The standard InChI is InChI=1S/C16H19N5O4/c1-25-12-4-2-10(3-5-12)14-18-13(19-20-14)8-17-16(24)21-7-6-11(9-21)15(22)23/h2-5,11H,6-9H2,1H3,(H,17,24)(H,22,23)(H,18,19,20). The van der Waals surface area contributed by atoms with Gasteiger partial charge in [0.05, 0.1) is 19.6 Å². The van der Waals surface area contributed by atoms with E-state index in [-0.39, 0.29) is 19.1 Å². The number of urea groups is 1. The lowest BCUT2D eigenvalue weighted by Crippen LogP contribution is -2.38. The van der Waals surface area contributed by atoms with E-state index in [0.717, 1.165) is 11.3 Å². The third-order valence-electron chi connectivity index (χ3n) is 4.11. The van der Waals surface area contributed by atoms with Crippen LogP contribution in [0.1, 0.15) is 12.2 Å². The molecule has 1 unspecified atom stereocenters. The normalized spacial score (nSPS) is 16.7. The Morgan fingerprint density at radius 2 is 2.16 bits per heavy atom. The van der Waals surface area contributed by atoms with Gasteiger partial charge in [-0.15, -0.1) is 0 Å². The average Bonchev–Trinajstić information content (AvgIpc) is 3.29. The first-order valence-electron chi connectivity index (χ1n) is 7.88. The van der Waals surface area contributed by atoms with Crippen molar-refractivity contribution in [1.29, 1.82) is 0 Å². The van der Waals surface area contributed by atoms with Crippen molar-refractivity contribution in [2.45, 2.75) is 13.0 Å².